The summed E-state index contributed by atoms with van der Waals surface area (Å²) < 4.78 is 31.5. The van der Waals surface area contributed by atoms with Crippen LogP contribution in [-0.2, 0) is 14.8 Å². The van der Waals surface area contributed by atoms with Gasteiger partial charge in [0.05, 0.1) is 17.6 Å². The first-order valence-electron chi connectivity index (χ1n) is 6.59. The van der Waals surface area contributed by atoms with Crippen LogP contribution >= 0.6 is 0 Å². The largest absolute Gasteiger partial charge is 0.465 e. The average molecular weight is 299 g/mol. The monoisotopic (exact) mass is 299 g/mol. The summed E-state index contributed by atoms with van der Waals surface area (Å²) in [5.74, 6) is -0.649. The maximum atomic E-state index is 12.7. The van der Waals surface area contributed by atoms with Gasteiger partial charge in [0.15, 0.2) is 0 Å². The topological polar surface area (TPSA) is 63.7 Å². The van der Waals surface area contributed by atoms with Gasteiger partial charge in [0, 0.05) is 12.6 Å². The molecular formula is C14H21NO4S. The molecule has 0 saturated heterocycles. The van der Waals surface area contributed by atoms with Crippen LogP contribution in [0.1, 0.15) is 37.6 Å². The van der Waals surface area contributed by atoms with Crippen molar-refractivity contribution in [2.45, 2.75) is 38.1 Å². The van der Waals surface area contributed by atoms with Crippen molar-refractivity contribution >= 4 is 16.0 Å². The fourth-order valence-electron chi connectivity index (χ4n) is 2.02. The molecule has 1 unspecified atom stereocenters. The number of benzene rings is 1. The molecule has 0 aliphatic rings. The Morgan fingerprint density at radius 3 is 2.40 bits per heavy atom. The number of rotatable bonds is 6. The van der Waals surface area contributed by atoms with E-state index >= 15 is 0 Å². The molecule has 112 valence electrons. The Hall–Kier alpha value is -1.40. The number of methoxy groups -OCH3 is 1. The summed E-state index contributed by atoms with van der Waals surface area (Å²) in [4.78, 5) is 11.7. The minimum absolute atomic E-state index is 0.00556. The van der Waals surface area contributed by atoms with Crippen molar-refractivity contribution in [3.05, 3.63) is 29.8 Å². The van der Waals surface area contributed by atoms with Gasteiger partial charge in [-0.1, -0.05) is 26.0 Å². The zero-order valence-electron chi connectivity index (χ0n) is 12.3. The Labute approximate surface area is 120 Å². The minimum Gasteiger partial charge on any atom is -0.465 e. The number of carbonyl (C=O) groups excluding carboxylic acids is 1. The highest BCUT2D eigenvalue weighted by Crippen LogP contribution is 2.23. The second-order valence-electron chi connectivity index (χ2n) is 4.45. The predicted octanol–water partition coefficient (Wildman–Crippen LogP) is 2.28. The zero-order chi connectivity index (χ0) is 15.3. The molecule has 1 aromatic carbocycles. The lowest BCUT2D eigenvalue weighted by Crippen LogP contribution is -2.38. The Morgan fingerprint density at radius 1 is 1.30 bits per heavy atom. The van der Waals surface area contributed by atoms with Gasteiger partial charge < -0.3 is 4.74 Å². The Bertz CT molecular complexity index is 568. The highest BCUT2D eigenvalue weighted by atomic mass is 32.2. The van der Waals surface area contributed by atoms with Crippen LogP contribution in [0, 0.1) is 0 Å². The first-order chi connectivity index (χ1) is 9.39. The van der Waals surface area contributed by atoms with Crippen LogP contribution in [0.3, 0.4) is 0 Å². The lowest BCUT2D eigenvalue weighted by Gasteiger charge is -2.27. The van der Waals surface area contributed by atoms with Crippen LogP contribution in [0.15, 0.2) is 29.2 Å². The molecule has 0 aromatic heterocycles. The molecule has 0 amide bonds. The molecule has 5 nitrogen and oxygen atoms in total. The summed E-state index contributed by atoms with van der Waals surface area (Å²) in [5, 5.41) is 0. The van der Waals surface area contributed by atoms with Crippen molar-refractivity contribution in [2.24, 2.45) is 0 Å². The fraction of sp³-hybridized carbons (Fsp3) is 0.500. The lowest BCUT2D eigenvalue weighted by molar-refractivity contribution is 0.0596. The second kappa shape index (κ2) is 6.85. The summed E-state index contributed by atoms with van der Waals surface area (Å²) in [6.07, 6.45) is 0.702. The van der Waals surface area contributed by atoms with Crippen LogP contribution in [0.5, 0.6) is 0 Å². The molecule has 0 fully saturated rings. The number of hydrogen-bond donors (Lipinski definition) is 0. The SMILES string of the molecule is CCC(C)N(CC)S(=O)(=O)c1ccccc1C(=O)OC. The van der Waals surface area contributed by atoms with Crippen molar-refractivity contribution in [1.82, 2.24) is 4.31 Å². The Morgan fingerprint density at radius 2 is 1.90 bits per heavy atom. The minimum atomic E-state index is -3.72. The van der Waals surface area contributed by atoms with Crippen LogP contribution in [0.4, 0.5) is 0 Å². The fourth-order valence-corrected chi connectivity index (χ4v) is 3.91. The van der Waals surface area contributed by atoms with Crippen molar-refractivity contribution in [3.63, 3.8) is 0 Å². The number of ether oxygens (including phenoxy) is 1. The molecule has 0 saturated carbocycles. The van der Waals surface area contributed by atoms with Crippen molar-refractivity contribution in [1.29, 1.82) is 0 Å². The lowest BCUT2D eigenvalue weighted by atomic mass is 10.2. The van der Waals surface area contributed by atoms with Crippen molar-refractivity contribution in [3.8, 4) is 0 Å². The van der Waals surface area contributed by atoms with Gasteiger partial charge >= 0.3 is 5.97 Å². The molecule has 20 heavy (non-hydrogen) atoms. The first-order valence-corrected chi connectivity index (χ1v) is 8.03. The highest BCUT2D eigenvalue weighted by Gasteiger charge is 2.30. The van der Waals surface area contributed by atoms with Crippen LogP contribution in [-0.4, -0.2) is 38.4 Å². The molecule has 0 spiro atoms. The number of carbonyl (C=O) groups is 1. The molecule has 1 rings (SSSR count). The van der Waals surface area contributed by atoms with Crippen LogP contribution in [0.25, 0.3) is 0 Å². The molecule has 6 heteroatoms. The maximum Gasteiger partial charge on any atom is 0.339 e. The van der Waals surface area contributed by atoms with Gasteiger partial charge in [0.25, 0.3) is 0 Å². The smallest absolute Gasteiger partial charge is 0.339 e. The molecule has 0 aliphatic carbocycles. The highest BCUT2D eigenvalue weighted by molar-refractivity contribution is 7.89. The van der Waals surface area contributed by atoms with Gasteiger partial charge in [0.1, 0.15) is 0 Å². The summed E-state index contributed by atoms with van der Waals surface area (Å²) in [7, 11) is -2.48. The van der Waals surface area contributed by atoms with E-state index in [0.717, 1.165) is 0 Å². The molecule has 0 bridgehead atoms. The normalized spacial score (nSPS) is 13.2. The van der Waals surface area contributed by atoms with Gasteiger partial charge in [-0.25, -0.2) is 13.2 Å². The third-order valence-electron chi connectivity index (χ3n) is 3.27. The van der Waals surface area contributed by atoms with Crippen LogP contribution in [0.2, 0.25) is 0 Å². The Kier molecular flexibility index (Phi) is 5.71. The summed E-state index contributed by atoms with van der Waals surface area (Å²) in [5.41, 5.74) is 0.0664. The van der Waals surface area contributed by atoms with Gasteiger partial charge in [-0.15, -0.1) is 0 Å². The van der Waals surface area contributed by atoms with Gasteiger partial charge in [0.2, 0.25) is 10.0 Å². The second-order valence-corrected chi connectivity index (χ2v) is 6.31. The van der Waals surface area contributed by atoms with E-state index in [1.54, 1.807) is 19.1 Å². The standard InChI is InChI=1S/C14H21NO4S/c1-5-11(3)15(6-2)20(17,18)13-10-8-7-9-12(13)14(16)19-4/h7-11H,5-6H2,1-4H3. The van der Waals surface area contributed by atoms with Crippen molar-refractivity contribution < 1.29 is 17.9 Å². The summed E-state index contributed by atoms with van der Waals surface area (Å²) in [6, 6.07) is 5.99. The summed E-state index contributed by atoms with van der Waals surface area (Å²) >= 11 is 0. The quantitative estimate of drug-likeness (QED) is 0.756. The molecule has 0 radical (unpaired) electrons. The van der Waals surface area contributed by atoms with E-state index in [1.807, 2.05) is 13.8 Å². The number of hydrogen-bond acceptors (Lipinski definition) is 4. The van der Waals surface area contributed by atoms with E-state index in [-0.39, 0.29) is 16.5 Å². The Balaban J connectivity index is 3.39. The predicted molar refractivity (Wildman–Crippen MR) is 77.1 cm³/mol. The molecule has 0 aliphatic heterocycles. The first kappa shape index (κ1) is 16.7. The number of nitrogens with zero attached hydrogens (tertiary/aromatic N) is 1. The van der Waals surface area contributed by atoms with Gasteiger partial charge in [-0.2, -0.15) is 4.31 Å². The summed E-state index contributed by atoms with van der Waals surface area (Å²) in [6.45, 7) is 5.91. The van der Waals surface area contributed by atoms with E-state index in [2.05, 4.69) is 4.74 Å². The maximum absolute atomic E-state index is 12.7. The van der Waals surface area contributed by atoms with E-state index in [9.17, 15) is 13.2 Å². The van der Waals surface area contributed by atoms with Gasteiger partial charge in [-0.05, 0) is 25.5 Å². The third kappa shape index (κ3) is 3.19. The van der Waals surface area contributed by atoms with Gasteiger partial charge in [-0.3, -0.25) is 0 Å². The molecule has 1 atom stereocenters. The van der Waals surface area contributed by atoms with E-state index < -0.39 is 16.0 Å². The van der Waals surface area contributed by atoms with Crippen LogP contribution < -0.4 is 0 Å². The average Bonchev–Trinajstić information content (AvgIpc) is 2.46. The molecular weight excluding hydrogens is 278 g/mol. The number of esters is 1. The molecule has 1 aromatic rings. The molecule has 0 N–H and O–H groups in total. The van der Waals surface area contributed by atoms with E-state index in [1.165, 1.54) is 23.5 Å². The molecule has 0 heterocycles. The van der Waals surface area contributed by atoms with E-state index in [0.29, 0.717) is 13.0 Å². The third-order valence-corrected chi connectivity index (χ3v) is 5.42. The van der Waals surface area contributed by atoms with E-state index in [4.69, 9.17) is 0 Å². The zero-order valence-corrected chi connectivity index (χ0v) is 13.1. The number of sulfonamides is 1. The van der Waals surface area contributed by atoms with Crippen molar-refractivity contribution in [2.75, 3.05) is 13.7 Å².